The molecule has 0 atom stereocenters. The van der Waals surface area contributed by atoms with Crippen LogP contribution in [0.4, 0.5) is 0 Å². The third-order valence-corrected chi connectivity index (χ3v) is 9.45. The van der Waals surface area contributed by atoms with Crippen molar-refractivity contribution in [1.82, 2.24) is 19.5 Å². The first kappa shape index (κ1) is 28.2. The molecule has 0 fully saturated rings. The number of aromatic nitrogens is 4. The predicted octanol–water partition coefficient (Wildman–Crippen LogP) is 11.5. The molecule has 3 heterocycles. The quantitative estimate of drug-likeness (QED) is 0.188. The summed E-state index contributed by atoms with van der Waals surface area (Å²) in [6.45, 7) is 0. The van der Waals surface area contributed by atoms with Crippen molar-refractivity contribution in [3.05, 3.63) is 170 Å². The highest BCUT2D eigenvalue weighted by molar-refractivity contribution is 6.13. The molecule has 0 radical (unpaired) electrons. The van der Waals surface area contributed by atoms with Gasteiger partial charge in [-0.25, -0.2) is 15.0 Å². The van der Waals surface area contributed by atoms with Crippen LogP contribution >= 0.6 is 0 Å². The van der Waals surface area contributed by atoms with Crippen LogP contribution in [0.5, 0.6) is 0 Å². The molecule has 10 rings (SSSR count). The Balaban J connectivity index is 1.15. The Bertz CT molecular complexity index is 2800. The summed E-state index contributed by atoms with van der Waals surface area (Å²) in [7, 11) is 0. The molecule has 0 saturated heterocycles. The summed E-state index contributed by atoms with van der Waals surface area (Å²) < 4.78 is 8.76. The Morgan fingerprint density at radius 2 is 0.880 bits per heavy atom. The van der Waals surface area contributed by atoms with Crippen LogP contribution in [-0.4, -0.2) is 19.5 Å². The van der Waals surface area contributed by atoms with Gasteiger partial charge in [0.1, 0.15) is 11.2 Å². The topological polar surface area (TPSA) is 56.7 Å². The average molecular weight is 641 g/mol. The lowest BCUT2D eigenvalue weighted by Crippen LogP contribution is -2.01. The maximum absolute atomic E-state index is 6.44. The van der Waals surface area contributed by atoms with Gasteiger partial charge in [-0.15, -0.1) is 0 Å². The fourth-order valence-electron chi connectivity index (χ4n) is 7.14. The number of furan rings is 1. The van der Waals surface area contributed by atoms with Crippen LogP contribution in [0.15, 0.2) is 174 Å². The number of hydrogen-bond donors (Lipinski definition) is 0. The standard InChI is InChI=1S/C45H28N4O/c1-3-13-29(14-4-1)37-27-32(28-41-42(37)36-19-9-12-22-40(36)50-41)45-47-43(30-15-5-2-6-16-30)46-44(48-45)31-23-25-33(26-24-31)49-38-20-10-7-17-34(38)35-18-8-11-21-39(35)49/h1-28H. The lowest BCUT2D eigenvalue weighted by molar-refractivity contribution is 0.669. The minimum Gasteiger partial charge on any atom is -0.456 e. The maximum Gasteiger partial charge on any atom is 0.164 e. The second kappa shape index (κ2) is 11.4. The first-order valence-corrected chi connectivity index (χ1v) is 16.7. The average Bonchev–Trinajstić information content (AvgIpc) is 3.74. The van der Waals surface area contributed by atoms with E-state index in [4.69, 9.17) is 19.4 Å². The van der Waals surface area contributed by atoms with Crippen molar-refractivity contribution in [1.29, 1.82) is 0 Å². The largest absolute Gasteiger partial charge is 0.456 e. The molecule has 5 nitrogen and oxygen atoms in total. The Morgan fingerprint density at radius 1 is 0.380 bits per heavy atom. The predicted molar refractivity (Wildman–Crippen MR) is 203 cm³/mol. The Hall–Kier alpha value is -6.85. The molecular weight excluding hydrogens is 613 g/mol. The summed E-state index contributed by atoms with van der Waals surface area (Å²) in [5.41, 5.74) is 9.92. The zero-order valence-electron chi connectivity index (χ0n) is 26.9. The van der Waals surface area contributed by atoms with Gasteiger partial charge in [0.15, 0.2) is 17.5 Å². The van der Waals surface area contributed by atoms with E-state index in [1.54, 1.807) is 0 Å². The monoisotopic (exact) mass is 640 g/mol. The van der Waals surface area contributed by atoms with Gasteiger partial charge >= 0.3 is 0 Å². The first-order valence-electron chi connectivity index (χ1n) is 16.7. The molecule has 0 spiro atoms. The van der Waals surface area contributed by atoms with E-state index in [0.29, 0.717) is 17.5 Å². The van der Waals surface area contributed by atoms with Crippen LogP contribution in [0, 0.1) is 0 Å². The van der Waals surface area contributed by atoms with Crippen molar-refractivity contribution in [2.45, 2.75) is 0 Å². The molecule has 0 aliphatic carbocycles. The molecule has 0 saturated carbocycles. The molecule has 10 aromatic rings. The van der Waals surface area contributed by atoms with Crippen LogP contribution in [0.25, 0.3) is 94.7 Å². The molecular formula is C45H28N4O. The van der Waals surface area contributed by atoms with Crippen LogP contribution in [0.1, 0.15) is 0 Å². The van der Waals surface area contributed by atoms with E-state index in [9.17, 15) is 0 Å². The molecule has 50 heavy (non-hydrogen) atoms. The molecule has 234 valence electrons. The summed E-state index contributed by atoms with van der Waals surface area (Å²) in [5, 5.41) is 4.63. The van der Waals surface area contributed by atoms with Crippen LogP contribution in [0.2, 0.25) is 0 Å². The molecule has 0 aliphatic rings. The van der Waals surface area contributed by atoms with Gasteiger partial charge in [-0.05, 0) is 65.7 Å². The number of fused-ring (bicyclic) bond motifs is 6. The Morgan fingerprint density at radius 3 is 1.52 bits per heavy atom. The van der Waals surface area contributed by atoms with Gasteiger partial charge in [-0.3, -0.25) is 0 Å². The molecule has 0 unspecified atom stereocenters. The van der Waals surface area contributed by atoms with Crippen molar-refractivity contribution in [2.75, 3.05) is 0 Å². The number of rotatable bonds is 5. The third-order valence-electron chi connectivity index (χ3n) is 9.45. The molecule has 0 aliphatic heterocycles. The van der Waals surface area contributed by atoms with Crippen molar-refractivity contribution in [2.24, 2.45) is 0 Å². The molecule has 5 heteroatoms. The van der Waals surface area contributed by atoms with E-state index in [1.165, 1.54) is 21.8 Å². The highest BCUT2D eigenvalue weighted by atomic mass is 16.3. The zero-order valence-corrected chi connectivity index (χ0v) is 26.9. The van der Waals surface area contributed by atoms with E-state index < -0.39 is 0 Å². The number of benzene rings is 7. The minimum absolute atomic E-state index is 0.583. The van der Waals surface area contributed by atoms with Gasteiger partial charge in [-0.1, -0.05) is 115 Å². The normalized spacial score (nSPS) is 11.6. The SMILES string of the molecule is c1ccc(-c2nc(-c3ccc(-n4c5ccccc5c5ccccc54)cc3)nc(-c3cc(-c4ccccc4)c4c(c3)oc3ccccc34)n2)cc1. The van der Waals surface area contributed by atoms with Crippen LogP contribution in [-0.2, 0) is 0 Å². The molecule has 0 amide bonds. The lowest BCUT2D eigenvalue weighted by atomic mass is 9.97. The smallest absolute Gasteiger partial charge is 0.164 e. The van der Waals surface area contributed by atoms with Gasteiger partial charge in [-0.2, -0.15) is 0 Å². The van der Waals surface area contributed by atoms with Crippen molar-refractivity contribution in [3.8, 4) is 51.0 Å². The van der Waals surface area contributed by atoms with E-state index in [-0.39, 0.29) is 0 Å². The van der Waals surface area contributed by atoms with Crippen LogP contribution < -0.4 is 0 Å². The van der Waals surface area contributed by atoms with E-state index in [0.717, 1.165) is 55.4 Å². The second-order valence-electron chi connectivity index (χ2n) is 12.5. The summed E-state index contributed by atoms with van der Waals surface area (Å²) in [5.74, 6) is 1.80. The van der Waals surface area contributed by atoms with Crippen molar-refractivity contribution >= 4 is 43.7 Å². The van der Waals surface area contributed by atoms with Gasteiger partial charge in [0, 0.05) is 43.9 Å². The number of nitrogens with zero attached hydrogens (tertiary/aromatic N) is 4. The molecule has 3 aromatic heterocycles. The minimum atomic E-state index is 0.583. The van der Waals surface area contributed by atoms with Gasteiger partial charge < -0.3 is 8.98 Å². The molecule has 0 N–H and O–H groups in total. The van der Waals surface area contributed by atoms with Gasteiger partial charge in [0.25, 0.3) is 0 Å². The van der Waals surface area contributed by atoms with E-state index in [2.05, 4.69) is 126 Å². The number of hydrogen-bond acceptors (Lipinski definition) is 4. The zero-order chi connectivity index (χ0) is 33.0. The fraction of sp³-hybridized carbons (Fsp3) is 0. The maximum atomic E-state index is 6.44. The fourth-order valence-corrected chi connectivity index (χ4v) is 7.14. The summed E-state index contributed by atoms with van der Waals surface area (Å²) in [4.78, 5) is 15.2. The van der Waals surface area contributed by atoms with Crippen molar-refractivity contribution in [3.63, 3.8) is 0 Å². The van der Waals surface area contributed by atoms with Crippen molar-refractivity contribution < 1.29 is 4.42 Å². The Labute approximate surface area is 287 Å². The number of para-hydroxylation sites is 3. The lowest BCUT2D eigenvalue weighted by Gasteiger charge is -2.12. The first-order chi connectivity index (χ1) is 24.8. The highest BCUT2D eigenvalue weighted by Gasteiger charge is 2.19. The van der Waals surface area contributed by atoms with Crippen LogP contribution in [0.3, 0.4) is 0 Å². The molecule has 7 aromatic carbocycles. The summed E-state index contributed by atoms with van der Waals surface area (Å²) in [6.07, 6.45) is 0. The van der Waals surface area contributed by atoms with E-state index in [1.807, 2.05) is 48.5 Å². The van der Waals surface area contributed by atoms with Gasteiger partial charge in [0.05, 0.1) is 11.0 Å². The third kappa shape index (κ3) is 4.60. The summed E-state index contributed by atoms with van der Waals surface area (Å²) >= 11 is 0. The van der Waals surface area contributed by atoms with E-state index >= 15 is 0 Å². The second-order valence-corrected chi connectivity index (χ2v) is 12.5. The Kier molecular flexibility index (Phi) is 6.42. The molecule has 0 bridgehead atoms. The van der Waals surface area contributed by atoms with Gasteiger partial charge in [0.2, 0.25) is 0 Å². The highest BCUT2D eigenvalue weighted by Crippen LogP contribution is 2.40. The summed E-state index contributed by atoms with van der Waals surface area (Å²) in [6, 6.07) is 58.5.